The molecule has 1 heterocycles. The van der Waals surface area contributed by atoms with Crippen molar-refractivity contribution < 1.29 is 22.7 Å². The second-order valence-electron chi connectivity index (χ2n) is 4.50. The Morgan fingerprint density at radius 3 is 2.68 bits per heavy atom. The molecular formula is C14H14F3N3O2. The number of benzene rings is 1. The van der Waals surface area contributed by atoms with Crippen LogP contribution in [0.4, 0.5) is 18.9 Å². The lowest BCUT2D eigenvalue weighted by atomic mass is 10.3. The summed E-state index contributed by atoms with van der Waals surface area (Å²) in [5, 5.41) is 6.00. The van der Waals surface area contributed by atoms with Gasteiger partial charge in [0.2, 0.25) is 5.91 Å². The fourth-order valence-corrected chi connectivity index (χ4v) is 1.70. The van der Waals surface area contributed by atoms with Crippen LogP contribution in [0.15, 0.2) is 42.7 Å². The Kier molecular flexibility index (Phi) is 5.03. The normalized spacial score (nSPS) is 11.2. The lowest BCUT2D eigenvalue weighted by molar-refractivity contribution is -0.142. The topological polar surface area (TPSA) is 56.1 Å². The van der Waals surface area contributed by atoms with Crippen molar-refractivity contribution in [2.75, 3.05) is 11.9 Å². The van der Waals surface area contributed by atoms with Gasteiger partial charge in [-0.15, -0.1) is 0 Å². The molecule has 1 amide bonds. The van der Waals surface area contributed by atoms with E-state index in [9.17, 15) is 18.0 Å². The largest absolute Gasteiger partial charge is 0.493 e. The second kappa shape index (κ2) is 6.97. The Hall–Kier alpha value is -2.51. The molecule has 0 aliphatic rings. The Labute approximate surface area is 124 Å². The van der Waals surface area contributed by atoms with Crippen molar-refractivity contribution in [3.05, 3.63) is 42.7 Å². The van der Waals surface area contributed by atoms with E-state index in [1.807, 2.05) is 18.2 Å². The summed E-state index contributed by atoms with van der Waals surface area (Å²) in [6.07, 6.45) is -1.97. The first-order valence-electron chi connectivity index (χ1n) is 6.49. The zero-order valence-electron chi connectivity index (χ0n) is 11.5. The lowest BCUT2D eigenvalue weighted by Crippen LogP contribution is -2.18. The van der Waals surface area contributed by atoms with Gasteiger partial charge in [0.05, 0.1) is 24.9 Å². The molecule has 0 saturated heterocycles. The van der Waals surface area contributed by atoms with Gasteiger partial charge in [-0.1, -0.05) is 18.2 Å². The van der Waals surface area contributed by atoms with E-state index >= 15 is 0 Å². The van der Waals surface area contributed by atoms with Crippen molar-refractivity contribution >= 4 is 11.6 Å². The zero-order valence-corrected chi connectivity index (χ0v) is 11.5. The summed E-state index contributed by atoms with van der Waals surface area (Å²) in [6.45, 7) is -1.02. The maximum absolute atomic E-state index is 12.2. The average Bonchev–Trinajstić information content (AvgIpc) is 2.84. The van der Waals surface area contributed by atoms with Crippen molar-refractivity contribution in [1.82, 2.24) is 9.78 Å². The molecule has 0 aliphatic carbocycles. The van der Waals surface area contributed by atoms with E-state index in [1.54, 1.807) is 12.1 Å². The van der Waals surface area contributed by atoms with Gasteiger partial charge < -0.3 is 10.1 Å². The lowest BCUT2D eigenvalue weighted by Gasteiger charge is -2.06. The molecule has 1 aromatic heterocycles. The van der Waals surface area contributed by atoms with Gasteiger partial charge in [0.25, 0.3) is 0 Å². The number of hydrogen-bond acceptors (Lipinski definition) is 3. The van der Waals surface area contributed by atoms with Gasteiger partial charge in [-0.05, 0) is 12.1 Å². The molecule has 5 nitrogen and oxygen atoms in total. The third-order valence-electron chi connectivity index (χ3n) is 2.60. The molecule has 118 valence electrons. The highest BCUT2D eigenvalue weighted by molar-refractivity contribution is 5.90. The van der Waals surface area contributed by atoms with E-state index in [1.165, 1.54) is 6.20 Å². The van der Waals surface area contributed by atoms with Crippen LogP contribution < -0.4 is 10.1 Å². The van der Waals surface area contributed by atoms with E-state index in [0.717, 1.165) is 10.9 Å². The van der Waals surface area contributed by atoms with Gasteiger partial charge >= 0.3 is 6.18 Å². The van der Waals surface area contributed by atoms with Crippen LogP contribution >= 0.6 is 0 Å². The van der Waals surface area contributed by atoms with Gasteiger partial charge in [-0.2, -0.15) is 18.3 Å². The number of rotatable bonds is 6. The molecule has 0 bridgehead atoms. The minimum absolute atomic E-state index is 0.0827. The molecule has 0 aliphatic heterocycles. The Morgan fingerprint density at radius 1 is 1.27 bits per heavy atom. The van der Waals surface area contributed by atoms with Crippen LogP contribution in [-0.2, 0) is 11.3 Å². The number of nitrogens with zero attached hydrogens (tertiary/aromatic N) is 2. The SMILES string of the molecule is O=C(CCOc1ccccc1)Nc1cnn(CC(F)(F)F)c1. The van der Waals surface area contributed by atoms with Crippen LogP contribution in [0.2, 0.25) is 0 Å². The number of amides is 1. The molecule has 0 radical (unpaired) electrons. The van der Waals surface area contributed by atoms with E-state index < -0.39 is 12.7 Å². The second-order valence-corrected chi connectivity index (χ2v) is 4.50. The summed E-state index contributed by atoms with van der Waals surface area (Å²) in [5.74, 6) is 0.288. The first-order chi connectivity index (χ1) is 10.4. The first kappa shape index (κ1) is 15.9. The number of aromatic nitrogens is 2. The number of nitrogens with one attached hydrogen (secondary N) is 1. The maximum atomic E-state index is 12.2. The standard InChI is InChI=1S/C14H14F3N3O2/c15-14(16,17)10-20-9-11(8-18-20)19-13(21)6-7-22-12-4-2-1-3-5-12/h1-5,8-9H,6-7,10H2,(H,19,21). The summed E-state index contributed by atoms with van der Waals surface area (Å²) in [7, 11) is 0. The van der Waals surface area contributed by atoms with E-state index in [0.29, 0.717) is 5.75 Å². The van der Waals surface area contributed by atoms with Crippen LogP contribution in [0.3, 0.4) is 0 Å². The fraction of sp³-hybridized carbons (Fsp3) is 0.286. The summed E-state index contributed by atoms with van der Waals surface area (Å²) in [4.78, 5) is 11.6. The maximum Gasteiger partial charge on any atom is 0.408 e. The molecule has 22 heavy (non-hydrogen) atoms. The van der Waals surface area contributed by atoms with Gasteiger partial charge in [0, 0.05) is 6.20 Å². The molecule has 0 fully saturated rings. The van der Waals surface area contributed by atoms with Crippen molar-refractivity contribution in [2.24, 2.45) is 0 Å². The van der Waals surface area contributed by atoms with Gasteiger partial charge in [-0.25, -0.2) is 0 Å². The van der Waals surface area contributed by atoms with Gasteiger partial charge in [-0.3, -0.25) is 9.48 Å². The Balaban J connectivity index is 1.75. The van der Waals surface area contributed by atoms with E-state index in [-0.39, 0.29) is 24.6 Å². The highest BCUT2D eigenvalue weighted by atomic mass is 19.4. The number of halogens is 3. The van der Waals surface area contributed by atoms with E-state index in [2.05, 4.69) is 10.4 Å². The highest BCUT2D eigenvalue weighted by Crippen LogP contribution is 2.18. The zero-order chi connectivity index (χ0) is 16.0. The summed E-state index contributed by atoms with van der Waals surface area (Å²) in [6, 6.07) is 8.99. The number of carbonyl (C=O) groups is 1. The predicted molar refractivity (Wildman–Crippen MR) is 73.5 cm³/mol. The highest BCUT2D eigenvalue weighted by Gasteiger charge is 2.28. The van der Waals surface area contributed by atoms with E-state index in [4.69, 9.17) is 4.74 Å². The molecule has 8 heteroatoms. The molecule has 1 N–H and O–H groups in total. The van der Waals surface area contributed by atoms with Crippen molar-refractivity contribution in [2.45, 2.75) is 19.1 Å². The minimum atomic E-state index is -4.35. The molecule has 0 saturated carbocycles. The Morgan fingerprint density at radius 2 is 2.00 bits per heavy atom. The number of ether oxygens (including phenoxy) is 1. The summed E-state index contributed by atoms with van der Waals surface area (Å²) in [5.41, 5.74) is 0.217. The average molecular weight is 313 g/mol. The van der Waals surface area contributed by atoms with Crippen LogP contribution in [0, 0.1) is 0 Å². The van der Waals surface area contributed by atoms with Crippen molar-refractivity contribution in [3.63, 3.8) is 0 Å². The number of carbonyl (C=O) groups excluding carboxylic acids is 1. The van der Waals surface area contributed by atoms with Crippen LogP contribution in [-0.4, -0.2) is 28.5 Å². The smallest absolute Gasteiger partial charge is 0.408 e. The fourth-order valence-electron chi connectivity index (χ4n) is 1.70. The summed E-state index contributed by atoms with van der Waals surface area (Å²) >= 11 is 0. The van der Waals surface area contributed by atoms with Crippen LogP contribution in [0.1, 0.15) is 6.42 Å². The van der Waals surface area contributed by atoms with Crippen molar-refractivity contribution in [1.29, 1.82) is 0 Å². The summed E-state index contributed by atoms with van der Waals surface area (Å²) < 4.78 is 42.6. The molecule has 0 spiro atoms. The Bertz CT molecular complexity index is 611. The van der Waals surface area contributed by atoms with Gasteiger partial charge in [0.1, 0.15) is 12.3 Å². The van der Waals surface area contributed by atoms with Crippen molar-refractivity contribution in [3.8, 4) is 5.75 Å². The molecule has 0 unspecified atom stereocenters. The number of alkyl halides is 3. The molecule has 2 rings (SSSR count). The number of para-hydroxylation sites is 1. The predicted octanol–water partition coefficient (Wildman–Crippen LogP) is 2.85. The van der Waals surface area contributed by atoms with Gasteiger partial charge in [0.15, 0.2) is 0 Å². The molecule has 0 atom stereocenters. The molecule has 1 aromatic carbocycles. The number of anilines is 1. The number of hydrogen-bond donors (Lipinski definition) is 1. The monoisotopic (exact) mass is 313 g/mol. The van der Waals surface area contributed by atoms with Crippen LogP contribution in [0.5, 0.6) is 5.75 Å². The third kappa shape index (κ3) is 5.47. The first-order valence-corrected chi connectivity index (χ1v) is 6.49. The third-order valence-corrected chi connectivity index (χ3v) is 2.60. The quantitative estimate of drug-likeness (QED) is 0.892. The molecular weight excluding hydrogens is 299 g/mol. The minimum Gasteiger partial charge on any atom is -0.493 e. The van der Waals surface area contributed by atoms with Crippen LogP contribution in [0.25, 0.3) is 0 Å². The molecule has 2 aromatic rings.